The van der Waals surface area contributed by atoms with Crippen LogP contribution in [0.2, 0.25) is 0 Å². The highest BCUT2D eigenvalue weighted by molar-refractivity contribution is 5.82. The number of hydrogen-bond donors (Lipinski definition) is 1. The number of aliphatic hydroxyl groups is 1. The number of ether oxygens (including phenoxy) is 1. The van der Waals surface area contributed by atoms with Gasteiger partial charge in [-0.25, -0.2) is 0 Å². The van der Waals surface area contributed by atoms with Crippen LogP contribution in [0.3, 0.4) is 0 Å². The molecular formula is C28H41N3O3. The van der Waals surface area contributed by atoms with Gasteiger partial charge in [0.05, 0.1) is 18.8 Å². The lowest BCUT2D eigenvalue weighted by molar-refractivity contribution is -0.171. The molecule has 4 fully saturated rings. The molecule has 4 aliphatic carbocycles. The summed E-state index contributed by atoms with van der Waals surface area (Å²) in [7, 11) is 1.70. The van der Waals surface area contributed by atoms with Crippen LogP contribution >= 0.6 is 0 Å². The predicted molar refractivity (Wildman–Crippen MR) is 129 cm³/mol. The van der Waals surface area contributed by atoms with Gasteiger partial charge in [-0.1, -0.05) is 13.8 Å². The number of ketones is 1. The molecule has 0 bridgehead atoms. The highest BCUT2D eigenvalue weighted by Gasteiger charge is 2.62. The Labute approximate surface area is 204 Å². The van der Waals surface area contributed by atoms with E-state index in [9.17, 15) is 9.90 Å². The maximum Gasteiger partial charge on any atom is 0.162 e. The first-order valence-corrected chi connectivity index (χ1v) is 13.5. The van der Waals surface area contributed by atoms with Crippen LogP contribution in [0.1, 0.15) is 83.7 Å². The van der Waals surface area contributed by atoms with Gasteiger partial charge in [-0.2, -0.15) is 10.4 Å². The first-order chi connectivity index (χ1) is 16.3. The van der Waals surface area contributed by atoms with Crippen LogP contribution in [-0.4, -0.2) is 40.0 Å². The van der Waals surface area contributed by atoms with E-state index in [4.69, 9.17) is 10.00 Å². The average molecular weight is 468 g/mol. The highest BCUT2D eigenvalue weighted by atomic mass is 16.5. The fourth-order valence-electron chi connectivity index (χ4n) is 9.54. The summed E-state index contributed by atoms with van der Waals surface area (Å²) in [6.45, 7) is 5.51. The summed E-state index contributed by atoms with van der Waals surface area (Å²) in [6, 6.07) is 3.73. The first kappa shape index (κ1) is 24.0. The number of nitrogens with zero attached hydrogens (tertiary/aromatic N) is 3. The summed E-state index contributed by atoms with van der Waals surface area (Å²) < 4.78 is 7.03. The molecule has 8 atom stereocenters. The SMILES string of the molecule is CC[C@]12CC[C@](O)(COC)C[C@@H]1CC[C@H]1[C@@H]3CC[C@H](C(=O)Cn4ccc(C#N)n4)[C@@]3(C)CC[C@@H]12. The molecule has 186 valence electrons. The van der Waals surface area contributed by atoms with Gasteiger partial charge in [0, 0.05) is 19.2 Å². The maximum absolute atomic E-state index is 13.4. The number of carbonyl (C=O) groups is 1. The van der Waals surface area contributed by atoms with E-state index in [0.29, 0.717) is 35.5 Å². The first-order valence-electron chi connectivity index (χ1n) is 13.5. The second-order valence-electron chi connectivity index (χ2n) is 12.3. The van der Waals surface area contributed by atoms with Gasteiger partial charge < -0.3 is 9.84 Å². The van der Waals surface area contributed by atoms with Crippen molar-refractivity contribution in [3.05, 3.63) is 18.0 Å². The molecular weight excluding hydrogens is 426 g/mol. The molecule has 1 heterocycles. The summed E-state index contributed by atoms with van der Waals surface area (Å²) in [5, 5.41) is 24.4. The Balaban J connectivity index is 1.34. The Morgan fingerprint density at radius 3 is 2.76 bits per heavy atom. The van der Waals surface area contributed by atoms with Crippen molar-refractivity contribution in [2.75, 3.05) is 13.7 Å². The molecule has 0 spiro atoms. The zero-order valence-corrected chi connectivity index (χ0v) is 21.1. The molecule has 6 heteroatoms. The third kappa shape index (κ3) is 3.66. The summed E-state index contributed by atoms with van der Waals surface area (Å²) in [6.07, 6.45) is 12.8. The number of hydrogen-bond acceptors (Lipinski definition) is 5. The largest absolute Gasteiger partial charge is 0.387 e. The van der Waals surface area contributed by atoms with E-state index in [1.807, 2.05) is 0 Å². The molecule has 1 aromatic rings. The van der Waals surface area contributed by atoms with Gasteiger partial charge in [0.1, 0.15) is 6.07 Å². The van der Waals surface area contributed by atoms with Gasteiger partial charge in [-0.05, 0) is 105 Å². The van der Waals surface area contributed by atoms with Gasteiger partial charge in [0.15, 0.2) is 11.5 Å². The fourth-order valence-corrected chi connectivity index (χ4v) is 9.54. The predicted octanol–water partition coefficient (Wildman–Crippen LogP) is 4.75. The number of carbonyl (C=O) groups excluding carboxylic acids is 1. The van der Waals surface area contributed by atoms with E-state index in [-0.39, 0.29) is 23.7 Å². The van der Waals surface area contributed by atoms with Crippen molar-refractivity contribution in [1.82, 2.24) is 9.78 Å². The normalized spacial score (nSPS) is 43.4. The number of aromatic nitrogens is 2. The van der Waals surface area contributed by atoms with E-state index in [0.717, 1.165) is 44.4 Å². The van der Waals surface area contributed by atoms with Gasteiger partial charge in [0.2, 0.25) is 0 Å². The Bertz CT molecular complexity index is 968. The molecule has 0 radical (unpaired) electrons. The molecule has 34 heavy (non-hydrogen) atoms. The third-order valence-corrected chi connectivity index (χ3v) is 11.1. The molecule has 0 amide bonds. The monoisotopic (exact) mass is 467 g/mol. The lowest BCUT2D eigenvalue weighted by atomic mass is 9.42. The summed E-state index contributed by atoms with van der Waals surface area (Å²) >= 11 is 0. The van der Waals surface area contributed by atoms with Crippen molar-refractivity contribution in [2.45, 2.75) is 90.2 Å². The van der Waals surface area contributed by atoms with E-state index in [1.165, 1.54) is 25.7 Å². The van der Waals surface area contributed by atoms with E-state index < -0.39 is 5.60 Å². The zero-order valence-electron chi connectivity index (χ0n) is 21.1. The molecule has 4 saturated carbocycles. The van der Waals surface area contributed by atoms with Crippen LogP contribution in [0.25, 0.3) is 0 Å². The van der Waals surface area contributed by atoms with Crippen LogP contribution in [0.15, 0.2) is 12.3 Å². The van der Waals surface area contributed by atoms with Crippen molar-refractivity contribution in [3.63, 3.8) is 0 Å². The maximum atomic E-state index is 13.4. The minimum absolute atomic E-state index is 0.0800. The van der Waals surface area contributed by atoms with Crippen molar-refractivity contribution < 1.29 is 14.6 Å². The molecule has 5 rings (SSSR count). The van der Waals surface area contributed by atoms with Crippen LogP contribution < -0.4 is 0 Å². The number of fused-ring (bicyclic) bond motifs is 5. The zero-order chi connectivity index (χ0) is 24.1. The fraction of sp³-hybridized carbons (Fsp3) is 0.821. The Hall–Kier alpha value is -1.71. The summed E-state index contributed by atoms with van der Waals surface area (Å²) in [4.78, 5) is 13.4. The topological polar surface area (TPSA) is 88.1 Å². The van der Waals surface area contributed by atoms with Crippen LogP contribution in [0, 0.1) is 51.8 Å². The molecule has 0 unspecified atom stereocenters. The molecule has 0 aliphatic heterocycles. The average Bonchev–Trinajstić information content (AvgIpc) is 3.42. The Morgan fingerprint density at radius 1 is 1.24 bits per heavy atom. The van der Waals surface area contributed by atoms with Crippen molar-refractivity contribution >= 4 is 5.78 Å². The Morgan fingerprint density at radius 2 is 2.06 bits per heavy atom. The number of methoxy groups -OCH3 is 1. The molecule has 0 aromatic carbocycles. The number of nitriles is 1. The molecule has 0 saturated heterocycles. The second kappa shape index (κ2) is 8.75. The highest BCUT2D eigenvalue weighted by Crippen LogP contribution is 2.69. The van der Waals surface area contributed by atoms with Crippen molar-refractivity contribution in [2.24, 2.45) is 40.4 Å². The molecule has 4 aliphatic rings. The molecule has 1 aromatic heterocycles. The van der Waals surface area contributed by atoms with Gasteiger partial charge in [-0.3, -0.25) is 9.48 Å². The molecule has 1 N–H and O–H groups in total. The van der Waals surface area contributed by atoms with Gasteiger partial charge in [-0.15, -0.1) is 0 Å². The second-order valence-corrected chi connectivity index (χ2v) is 12.3. The minimum Gasteiger partial charge on any atom is -0.387 e. The standard InChI is InChI=1S/C28H41N3O3/c1-4-28-13-12-27(33,18-34-3)15-19(28)5-6-21-22-7-8-24(26(22,2)11-9-23(21)28)25(32)17-31-14-10-20(16-29)30-31/h10,14,19,21-24,33H,4-9,11-13,15,17-18H2,1-3H3/t19-,21-,22-,23-,24+,26-,27+,28-/m0/s1. The van der Waals surface area contributed by atoms with Gasteiger partial charge >= 0.3 is 0 Å². The lowest BCUT2D eigenvalue weighted by Crippen LogP contribution is -2.57. The van der Waals surface area contributed by atoms with Gasteiger partial charge in [0.25, 0.3) is 0 Å². The smallest absolute Gasteiger partial charge is 0.162 e. The quantitative estimate of drug-likeness (QED) is 0.652. The van der Waals surface area contributed by atoms with E-state index in [2.05, 4.69) is 25.0 Å². The Kier molecular flexibility index (Phi) is 6.18. The number of Topliss-reactive ketones (excluding diaryl/α,β-unsaturated/α-hetero) is 1. The lowest BCUT2D eigenvalue weighted by Gasteiger charge is -2.63. The third-order valence-electron chi connectivity index (χ3n) is 11.1. The minimum atomic E-state index is -0.656. The summed E-state index contributed by atoms with van der Waals surface area (Å²) in [5.74, 6) is 3.02. The molecule has 6 nitrogen and oxygen atoms in total. The van der Waals surface area contributed by atoms with E-state index >= 15 is 0 Å². The van der Waals surface area contributed by atoms with Crippen molar-refractivity contribution in [3.8, 4) is 6.07 Å². The summed E-state index contributed by atoms with van der Waals surface area (Å²) in [5.41, 5.74) is 0.137. The number of rotatable bonds is 6. The van der Waals surface area contributed by atoms with Crippen LogP contribution in [-0.2, 0) is 16.1 Å². The van der Waals surface area contributed by atoms with Crippen molar-refractivity contribution in [1.29, 1.82) is 5.26 Å². The van der Waals surface area contributed by atoms with Crippen LogP contribution in [0.4, 0.5) is 0 Å². The van der Waals surface area contributed by atoms with Crippen LogP contribution in [0.5, 0.6) is 0 Å². The van der Waals surface area contributed by atoms with E-state index in [1.54, 1.807) is 24.1 Å².